The summed E-state index contributed by atoms with van der Waals surface area (Å²) >= 11 is 0. The fourth-order valence-corrected chi connectivity index (χ4v) is 1.50. The lowest BCUT2D eigenvalue weighted by molar-refractivity contribution is 0.196. The van der Waals surface area contributed by atoms with E-state index in [0.717, 1.165) is 5.39 Å². The average molecular weight is 236 g/mol. The quantitative estimate of drug-likeness (QED) is 0.807. The van der Waals surface area contributed by atoms with Crippen molar-refractivity contribution < 1.29 is 19.0 Å². The zero-order valence-corrected chi connectivity index (χ0v) is 9.30. The molecule has 17 heavy (non-hydrogen) atoms. The number of ether oxygens (including phenoxy) is 2. The SMILES string of the molecule is COc1cc2ccc(=O)oc2cc1OCCO. The Labute approximate surface area is 97.2 Å². The highest BCUT2D eigenvalue weighted by molar-refractivity contribution is 5.80. The maximum atomic E-state index is 11.1. The summed E-state index contributed by atoms with van der Waals surface area (Å²) in [4.78, 5) is 11.1. The van der Waals surface area contributed by atoms with E-state index >= 15 is 0 Å². The second-order valence-corrected chi connectivity index (χ2v) is 3.37. The van der Waals surface area contributed by atoms with E-state index in [1.807, 2.05) is 0 Å². The molecule has 0 aliphatic heterocycles. The third-order valence-corrected chi connectivity index (χ3v) is 2.25. The number of rotatable bonds is 4. The number of aliphatic hydroxyl groups is 1. The third kappa shape index (κ3) is 2.39. The summed E-state index contributed by atoms with van der Waals surface area (Å²) in [7, 11) is 1.52. The largest absolute Gasteiger partial charge is 0.493 e. The maximum Gasteiger partial charge on any atom is 0.336 e. The van der Waals surface area contributed by atoms with Crippen LogP contribution < -0.4 is 15.1 Å². The van der Waals surface area contributed by atoms with Crippen molar-refractivity contribution in [3.8, 4) is 11.5 Å². The number of hydrogen-bond donors (Lipinski definition) is 1. The van der Waals surface area contributed by atoms with Crippen LogP contribution in [-0.2, 0) is 0 Å². The number of fused-ring (bicyclic) bond motifs is 1. The van der Waals surface area contributed by atoms with E-state index in [4.69, 9.17) is 19.0 Å². The van der Waals surface area contributed by atoms with E-state index < -0.39 is 5.63 Å². The van der Waals surface area contributed by atoms with E-state index in [0.29, 0.717) is 17.1 Å². The minimum atomic E-state index is -0.421. The van der Waals surface area contributed by atoms with Gasteiger partial charge in [-0.3, -0.25) is 0 Å². The molecule has 5 nitrogen and oxygen atoms in total. The highest BCUT2D eigenvalue weighted by atomic mass is 16.5. The summed E-state index contributed by atoms with van der Waals surface area (Å²) < 4.78 is 15.5. The zero-order valence-electron chi connectivity index (χ0n) is 9.30. The van der Waals surface area contributed by atoms with Gasteiger partial charge in [0.05, 0.1) is 13.7 Å². The maximum absolute atomic E-state index is 11.1. The van der Waals surface area contributed by atoms with Gasteiger partial charge < -0.3 is 19.0 Å². The third-order valence-electron chi connectivity index (χ3n) is 2.25. The van der Waals surface area contributed by atoms with Crippen LogP contribution in [0.5, 0.6) is 11.5 Å². The van der Waals surface area contributed by atoms with Crippen molar-refractivity contribution in [2.45, 2.75) is 0 Å². The molecular formula is C12H12O5. The Morgan fingerprint density at radius 1 is 1.29 bits per heavy atom. The van der Waals surface area contributed by atoms with E-state index in [9.17, 15) is 4.79 Å². The van der Waals surface area contributed by atoms with Crippen molar-refractivity contribution in [1.29, 1.82) is 0 Å². The fourth-order valence-electron chi connectivity index (χ4n) is 1.50. The number of methoxy groups -OCH3 is 1. The molecule has 1 aromatic heterocycles. The first-order valence-corrected chi connectivity index (χ1v) is 5.10. The van der Waals surface area contributed by atoms with Crippen LogP contribution in [0.1, 0.15) is 0 Å². The molecule has 0 aliphatic carbocycles. The standard InChI is InChI=1S/C12H12O5/c1-15-10-6-8-2-3-12(14)17-9(8)7-11(10)16-5-4-13/h2-3,6-7,13H,4-5H2,1H3. The first-order valence-electron chi connectivity index (χ1n) is 5.10. The summed E-state index contributed by atoms with van der Waals surface area (Å²) in [5.41, 5.74) is 0.00187. The molecule has 0 saturated carbocycles. The molecular weight excluding hydrogens is 224 g/mol. The Kier molecular flexibility index (Phi) is 3.30. The van der Waals surface area contributed by atoms with Gasteiger partial charge in [-0.05, 0) is 12.1 Å². The molecule has 0 unspecified atom stereocenters. The van der Waals surface area contributed by atoms with Gasteiger partial charge in [0.25, 0.3) is 0 Å². The van der Waals surface area contributed by atoms with Crippen molar-refractivity contribution >= 4 is 11.0 Å². The fraction of sp³-hybridized carbons (Fsp3) is 0.250. The second-order valence-electron chi connectivity index (χ2n) is 3.37. The van der Waals surface area contributed by atoms with Crippen LogP contribution in [0.2, 0.25) is 0 Å². The molecule has 5 heteroatoms. The van der Waals surface area contributed by atoms with Gasteiger partial charge in [-0.15, -0.1) is 0 Å². The summed E-state index contributed by atoms with van der Waals surface area (Å²) in [5.74, 6) is 0.961. The average Bonchev–Trinajstić information content (AvgIpc) is 2.35. The molecule has 0 spiro atoms. The van der Waals surface area contributed by atoms with Crippen molar-refractivity contribution in [3.63, 3.8) is 0 Å². The number of hydrogen-bond acceptors (Lipinski definition) is 5. The number of benzene rings is 1. The van der Waals surface area contributed by atoms with Crippen molar-refractivity contribution in [3.05, 3.63) is 34.7 Å². The minimum Gasteiger partial charge on any atom is -0.493 e. The molecule has 0 radical (unpaired) electrons. The molecule has 1 heterocycles. The van der Waals surface area contributed by atoms with Gasteiger partial charge in [-0.1, -0.05) is 0 Å². The van der Waals surface area contributed by atoms with Crippen LogP contribution in [0.3, 0.4) is 0 Å². The lowest BCUT2D eigenvalue weighted by Crippen LogP contribution is -2.03. The Hall–Kier alpha value is -2.01. The van der Waals surface area contributed by atoms with Crippen molar-refractivity contribution in [1.82, 2.24) is 0 Å². The molecule has 0 aliphatic rings. The van der Waals surface area contributed by atoms with E-state index in [1.54, 1.807) is 18.2 Å². The Morgan fingerprint density at radius 2 is 2.12 bits per heavy atom. The molecule has 2 rings (SSSR count). The Balaban J connectivity index is 2.53. The summed E-state index contributed by atoms with van der Waals surface area (Å²) in [6.45, 7) is 0.0544. The predicted molar refractivity (Wildman–Crippen MR) is 61.6 cm³/mol. The van der Waals surface area contributed by atoms with Gasteiger partial charge in [0.15, 0.2) is 11.5 Å². The van der Waals surface area contributed by atoms with Gasteiger partial charge in [-0.25, -0.2) is 4.79 Å². The van der Waals surface area contributed by atoms with E-state index in [1.165, 1.54) is 13.2 Å². The molecule has 0 amide bonds. The zero-order chi connectivity index (χ0) is 12.3. The monoisotopic (exact) mass is 236 g/mol. The normalized spacial score (nSPS) is 10.5. The predicted octanol–water partition coefficient (Wildman–Crippen LogP) is 1.17. The first-order chi connectivity index (χ1) is 8.24. The van der Waals surface area contributed by atoms with Gasteiger partial charge in [0, 0.05) is 17.5 Å². The van der Waals surface area contributed by atoms with Gasteiger partial charge in [0.2, 0.25) is 0 Å². The molecule has 1 N–H and O–H groups in total. The van der Waals surface area contributed by atoms with Crippen LogP contribution in [0.25, 0.3) is 11.0 Å². The topological polar surface area (TPSA) is 68.9 Å². The molecule has 90 valence electrons. The highest BCUT2D eigenvalue weighted by Crippen LogP contribution is 2.31. The van der Waals surface area contributed by atoms with Crippen LogP contribution in [0.15, 0.2) is 33.5 Å². The Bertz CT molecular complexity index is 573. The second kappa shape index (κ2) is 4.88. The lowest BCUT2D eigenvalue weighted by Gasteiger charge is -2.10. The summed E-state index contributed by atoms with van der Waals surface area (Å²) in [6, 6.07) is 6.28. The van der Waals surface area contributed by atoms with Crippen molar-refractivity contribution in [2.75, 3.05) is 20.3 Å². The minimum absolute atomic E-state index is 0.0973. The van der Waals surface area contributed by atoms with Crippen LogP contribution in [0, 0.1) is 0 Å². The van der Waals surface area contributed by atoms with Gasteiger partial charge >= 0.3 is 5.63 Å². The Morgan fingerprint density at radius 3 is 2.82 bits per heavy atom. The molecule has 1 aromatic carbocycles. The summed E-state index contributed by atoms with van der Waals surface area (Å²) in [6.07, 6.45) is 0. The van der Waals surface area contributed by atoms with E-state index in [2.05, 4.69) is 0 Å². The lowest BCUT2D eigenvalue weighted by atomic mass is 10.2. The first kappa shape index (κ1) is 11.5. The molecule has 0 saturated heterocycles. The smallest absolute Gasteiger partial charge is 0.336 e. The molecule has 0 fully saturated rings. The van der Waals surface area contributed by atoms with Crippen LogP contribution in [0.4, 0.5) is 0 Å². The van der Waals surface area contributed by atoms with Crippen LogP contribution >= 0.6 is 0 Å². The van der Waals surface area contributed by atoms with Crippen LogP contribution in [-0.4, -0.2) is 25.4 Å². The van der Waals surface area contributed by atoms with Gasteiger partial charge in [0.1, 0.15) is 12.2 Å². The highest BCUT2D eigenvalue weighted by Gasteiger charge is 2.08. The van der Waals surface area contributed by atoms with Gasteiger partial charge in [-0.2, -0.15) is 0 Å². The molecule has 0 atom stereocenters. The molecule has 0 bridgehead atoms. The molecule has 2 aromatic rings. The van der Waals surface area contributed by atoms with E-state index in [-0.39, 0.29) is 13.2 Å². The summed E-state index contributed by atoms with van der Waals surface area (Å²) in [5, 5.41) is 9.46. The van der Waals surface area contributed by atoms with Crippen molar-refractivity contribution in [2.24, 2.45) is 0 Å². The number of aliphatic hydroxyl groups excluding tert-OH is 1.